The molecule has 0 bridgehead atoms. The van der Waals surface area contributed by atoms with E-state index < -0.39 is 0 Å². The number of halogens is 1. The Morgan fingerprint density at radius 3 is 2.20 bits per heavy atom. The van der Waals surface area contributed by atoms with E-state index in [1.165, 1.54) is 0 Å². The van der Waals surface area contributed by atoms with Crippen molar-refractivity contribution in [1.82, 2.24) is 24.9 Å². The van der Waals surface area contributed by atoms with Gasteiger partial charge in [-0.15, -0.1) is 10.2 Å². The molecule has 0 aliphatic carbocycles. The molecule has 0 N–H and O–H groups in total. The van der Waals surface area contributed by atoms with E-state index in [4.69, 9.17) is 16.3 Å². The van der Waals surface area contributed by atoms with Gasteiger partial charge in [-0.2, -0.15) is 0 Å². The van der Waals surface area contributed by atoms with Gasteiger partial charge in [-0.05, 0) is 61.6 Å². The molecular formula is C30H37ClN6O3. The molecule has 3 aromatic rings. The first-order valence-corrected chi connectivity index (χ1v) is 14.1. The van der Waals surface area contributed by atoms with Crippen LogP contribution in [-0.2, 0) is 4.79 Å². The van der Waals surface area contributed by atoms with Crippen LogP contribution in [0.1, 0.15) is 24.2 Å². The Balaban J connectivity index is 1.36. The number of likely N-dealkylation sites (N-methyl/N-ethyl adjacent to an activating group) is 1. The largest absolute Gasteiger partial charge is 0.497 e. The minimum absolute atomic E-state index is 0.0156. The van der Waals surface area contributed by atoms with Crippen molar-refractivity contribution in [2.24, 2.45) is 0 Å². The van der Waals surface area contributed by atoms with Crippen LogP contribution in [-0.4, -0.2) is 103 Å². The highest BCUT2D eigenvalue weighted by molar-refractivity contribution is 6.33. The molecule has 1 aliphatic heterocycles. The van der Waals surface area contributed by atoms with Crippen LogP contribution in [0.2, 0.25) is 5.02 Å². The van der Waals surface area contributed by atoms with Crippen molar-refractivity contribution in [3.63, 3.8) is 0 Å². The average Bonchev–Trinajstić information content (AvgIpc) is 3.01. The fraction of sp³-hybridized carbons (Fsp3) is 0.400. The summed E-state index contributed by atoms with van der Waals surface area (Å²) in [6.07, 6.45) is 0. The van der Waals surface area contributed by atoms with Crippen LogP contribution in [0, 0.1) is 0 Å². The minimum atomic E-state index is -0.225. The lowest BCUT2D eigenvalue weighted by atomic mass is 10.1. The van der Waals surface area contributed by atoms with Crippen molar-refractivity contribution in [2.45, 2.75) is 13.8 Å². The number of anilines is 1. The number of piperazine rings is 1. The molecule has 0 atom stereocenters. The Bertz CT molecular complexity index is 1260. The van der Waals surface area contributed by atoms with Crippen LogP contribution >= 0.6 is 11.6 Å². The van der Waals surface area contributed by atoms with Gasteiger partial charge in [0.25, 0.3) is 5.91 Å². The predicted octanol–water partition coefficient (Wildman–Crippen LogP) is 3.94. The Labute approximate surface area is 241 Å². The summed E-state index contributed by atoms with van der Waals surface area (Å²) in [7, 11) is 1.64. The number of ether oxygens (including phenoxy) is 1. The highest BCUT2D eigenvalue weighted by atomic mass is 35.5. The molecule has 1 aromatic heterocycles. The molecule has 4 rings (SSSR count). The molecule has 0 unspecified atom stereocenters. The molecule has 1 aliphatic rings. The number of nitrogens with zero attached hydrogens (tertiary/aromatic N) is 6. The summed E-state index contributed by atoms with van der Waals surface area (Å²) < 4.78 is 5.22. The molecular weight excluding hydrogens is 528 g/mol. The van der Waals surface area contributed by atoms with Gasteiger partial charge in [0.2, 0.25) is 5.91 Å². The number of benzene rings is 2. The summed E-state index contributed by atoms with van der Waals surface area (Å²) in [4.78, 5) is 34.5. The van der Waals surface area contributed by atoms with Crippen LogP contribution in [0.25, 0.3) is 11.3 Å². The topological polar surface area (TPSA) is 82.1 Å². The summed E-state index contributed by atoms with van der Waals surface area (Å²) in [6, 6.07) is 18.6. The molecule has 10 heteroatoms. The fourth-order valence-corrected chi connectivity index (χ4v) is 4.93. The summed E-state index contributed by atoms with van der Waals surface area (Å²) in [5.74, 6) is 1.28. The molecule has 0 spiro atoms. The molecule has 0 saturated carbocycles. The third-order valence-corrected chi connectivity index (χ3v) is 7.62. The van der Waals surface area contributed by atoms with Crippen molar-refractivity contribution >= 4 is 29.2 Å². The number of carbonyl (C=O) groups excluding carboxylic acids is 2. The third-order valence-electron chi connectivity index (χ3n) is 7.29. The van der Waals surface area contributed by atoms with Gasteiger partial charge in [-0.3, -0.25) is 9.59 Å². The Morgan fingerprint density at radius 2 is 1.60 bits per heavy atom. The summed E-state index contributed by atoms with van der Waals surface area (Å²) in [6.45, 7) is 9.46. The van der Waals surface area contributed by atoms with Crippen LogP contribution in [0.3, 0.4) is 0 Å². The van der Waals surface area contributed by atoms with Crippen LogP contribution in [0.4, 0.5) is 5.82 Å². The maximum atomic E-state index is 13.4. The van der Waals surface area contributed by atoms with Gasteiger partial charge in [-0.1, -0.05) is 37.6 Å². The summed E-state index contributed by atoms with van der Waals surface area (Å²) in [5, 5.41) is 9.23. The molecule has 2 heterocycles. The third kappa shape index (κ3) is 7.28. The highest BCUT2D eigenvalue weighted by Gasteiger charge is 2.27. The minimum Gasteiger partial charge on any atom is -0.497 e. The second-order valence-corrected chi connectivity index (χ2v) is 10.0. The second-order valence-electron chi connectivity index (χ2n) is 9.61. The van der Waals surface area contributed by atoms with Gasteiger partial charge >= 0.3 is 0 Å². The number of methoxy groups -OCH3 is 1. The quantitative estimate of drug-likeness (QED) is 0.349. The van der Waals surface area contributed by atoms with Crippen LogP contribution < -0.4 is 9.64 Å². The van der Waals surface area contributed by atoms with Crippen molar-refractivity contribution in [1.29, 1.82) is 0 Å². The van der Waals surface area contributed by atoms with Crippen LogP contribution in [0.5, 0.6) is 5.75 Å². The first kappa shape index (κ1) is 29.3. The smallest absolute Gasteiger partial charge is 0.255 e. The fourth-order valence-electron chi connectivity index (χ4n) is 4.72. The zero-order valence-corrected chi connectivity index (χ0v) is 24.2. The monoisotopic (exact) mass is 564 g/mol. The molecule has 9 nitrogen and oxygen atoms in total. The van der Waals surface area contributed by atoms with Gasteiger partial charge in [0.1, 0.15) is 12.3 Å². The zero-order chi connectivity index (χ0) is 28.5. The van der Waals surface area contributed by atoms with E-state index in [9.17, 15) is 9.59 Å². The van der Waals surface area contributed by atoms with Crippen molar-refractivity contribution in [2.75, 3.05) is 70.9 Å². The Morgan fingerprint density at radius 1 is 0.900 bits per heavy atom. The standard InChI is InChI=1S/C30H37ClN6O3/c1-4-34(5-2)16-17-37(30(39)25-8-6-7-9-26(25)31)22-29(38)36-20-18-35(19-21-36)28-15-14-27(32-33-28)23-10-12-24(40-3)13-11-23/h6-15H,4-5,16-22H2,1-3H3. The first-order valence-electron chi connectivity index (χ1n) is 13.7. The molecule has 1 saturated heterocycles. The zero-order valence-electron chi connectivity index (χ0n) is 23.4. The lowest BCUT2D eigenvalue weighted by Crippen LogP contribution is -2.52. The Kier molecular flexibility index (Phi) is 10.3. The van der Waals surface area contributed by atoms with Gasteiger partial charge in [0.15, 0.2) is 5.82 Å². The van der Waals surface area contributed by atoms with E-state index in [0.717, 1.165) is 35.9 Å². The van der Waals surface area contributed by atoms with Crippen molar-refractivity contribution in [3.05, 3.63) is 71.2 Å². The molecule has 212 valence electrons. The normalized spacial score (nSPS) is 13.4. The number of hydrogen-bond donors (Lipinski definition) is 0. The van der Waals surface area contributed by atoms with Gasteiger partial charge in [0.05, 0.1) is 23.4 Å². The lowest BCUT2D eigenvalue weighted by molar-refractivity contribution is -0.132. The lowest BCUT2D eigenvalue weighted by Gasteiger charge is -2.36. The van der Waals surface area contributed by atoms with E-state index in [1.807, 2.05) is 41.3 Å². The SMILES string of the molecule is CCN(CC)CCN(CC(=O)N1CCN(c2ccc(-c3ccc(OC)cc3)nn2)CC1)C(=O)c1ccccc1Cl. The molecule has 2 aromatic carbocycles. The number of amides is 2. The van der Waals surface area contributed by atoms with E-state index in [2.05, 4.69) is 33.8 Å². The van der Waals surface area contributed by atoms with Gasteiger partial charge < -0.3 is 24.3 Å². The summed E-state index contributed by atoms with van der Waals surface area (Å²) in [5.41, 5.74) is 2.17. The van der Waals surface area contributed by atoms with Crippen LogP contribution in [0.15, 0.2) is 60.7 Å². The average molecular weight is 565 g/mol. The predicted molar refractivity (Wildman–Crippen MR) is 158 cm³/mol. The second kappa shape index (κ2) is 14.1. The number of rotatable bonds is 11. The number of hydrogen-bond acceptors (Lipinski definition) is 7. The maximum Gasteiger partial charge on any atom is 0.255 e. The van der Waals surface area contributed by atoms with Crippen molar-refractivity contribution < 1.29 is 14.3 Å². The number of aromatic nitrogens is 2. The number of carbonyl (C=O) groups is 2. The van der Waals surface area contributed by atoms with E-state index in [-0.39, 0.29) is 18.4 Å². The molecule has 2 amide bonds. The molecule has 1 fully saturated rings. The molecule has 0 radical (unpaired) electrons. The summed E-state index contributed by atoms with van der Waals surface area (Å²) >= 11 is 6.32. The highest BCUT2D eigenvalue weighted by Crippen LogP contribution is 2.22. The van der Waals surface area contributed by atoms with Gasteiger partial charge in [0, 0.05) is 44.8 Å². The van der Waals surface area contributed by atoms with E-state index in [1.54, 1.807) is 36.3 Å². The van der Waals surface area contributed by atoms with E-state index in [0.29, 0.717) is 49.9 Å². The van der Waals surface area contributed by atoms with E-state index >= 15 is 0 Å². The first-order chi connectivity index (χ1) is 19.4. The van der Waals surface area contributed by atoms with Crippen molar-refractivity contribution in [3.8, 4) is 17.0 Å². The van der Waals surface area contributed by atoms with Gasteiger partial charge in [-0.25, -0.2) is 0 Å². The Hall–Kier alpha value is -3.69. The molecule has 40 heavy (non-hydrogen) atoms. The maximum absolute atomic E-state index is 13.4.